The lowest BCUT2D eigenvalue weighted by Crippen LogP contribution is -2.07. The van der Waals surface area contributed by atoms with Crippen LogP contribution in [0.2, 0.25) is 0 Å². The van der Waals surface area contributed by atoms with Crippen LogP contribution in [-0.4, -0.2) is 5.16 Å². The summed E-state index contributed by atoms with van der Waals surface area (Å²) >= 11 is 0. The molecule has 0 radical (unpaired) electrons. The van der Waals surface area contributed by atoms with Gasteiger partial charge in [0.25, 0.3) is 0 Å². The van der Waals surface area contributed by atoms with E-state index in [9.17, 15) is 0 Å². The van der Waals surface area contributed by atoms with Crippen LogP contribution in [0.1, 0.15) is 37.4 Å². The van der Waals surface area contributed by atoms with Gasteiger partial charge in [-0.2, -0.15) is 0 Å². The fraction of sp³-hybridized carbons (Fsp3) is 0.700. The van der Waals surface area contributed by atoms with Crippen molar-refractivity contribution >= 4 is 5.82 Å². The minimum atomic E-state index is 0.526. The molecule has 3 unspecified atom stereocenters. The monoisotopic (exact) mass is 178 g/mol. The first-order valence-corrected chi connectivity index (χ1v) is 5.05. The number of aromatic nitrogens is 1. The van der Waals surface area contributed by atoms with E-state index >= 15 is 0 Å². The van der Waals surface area contributed by atoms with Crippen LogP contribution in [0, 0.1) is 11.8 Å². The Morgan fingerprint density at radius 1 is 1.38 bits per heavy atom. The molecule has 3 nitrogen and oxygen atoms in total. The van der Waals surface area contributed by atoms with Crippen molar-refractivity contribution in [2.75, 3.05) is 5.73 Å². The van der Waals surface area contributed by atoms with Crippen LogP contribution in [0.5, 0.6) is 0 Å². The lowest BCUT2D eigenvalue weighted by molar-refractivity contribution is 0.311. The molecule has 2 aliphatic carbocycles. The molecule has 2 saturated carbocycles. The summed E-state index contributed by atoms with van der Waals surface area (Å²) < 4.78 is 5.23. The van der Waals surface area contributed by atoms with Gasteiger partial charge < -0.3 is 10.3 Å². The third-order valence-corrected chi connectivity index (χ3v) is 3.65. The molecule has 1 heterocycles. The highest BCUT2D eigenvalue weighted by Crippen LogP contribution is 2.52. The maximum absolute atomic E-state index is 5.54. The summed E-state index contributed by atoms with van der Waals surface area (Å²) in [5.41, 5.74) is 5.54. The van der Waals surface area contributed by atoms with E-state index in [-0.39, 0.29) is 0 Å². The smallest absolute Gasteiger partial charge is 0.167 e. The largest absolute Gasteiger partial charge is 0.381 e. The van der Waals surface area contributed by atoms with Crippen LogP contribution in [-0.2, 0) is 0 Å². The van der Waals surface area contributed by atoms with Crippen molar-refractivity contribution in [1.82, 2.24) is 5.16 Å². The van der Waals surface area contributed by atoms with E-state index in [0.29, 0.717) is 11.7 Å². The number of nitrogens with two attached hydrogens (primary N) is 1. The van der Waals surface area contributed by atoms with Crippen molar-refractivity contribution in [3.05, 3.63) is 11.8 Å². The van der Waals surface area contributed by atoms with Crippen LogP contribution < -0.4 is 5.73 Å². The average molecular weight is 178 g/mol. The lowest BCUT2D eigenvalue weighted by atomic mass is 9.87. The molecule has 0 saturated heterocycles. The van der Waals surface area contributed by atoms with Crippen LogP contribution in [0.15, 0.2) is 10.6 Å². The number of anilines is 1. The van der Waals surface area contributed by atoms with Gasteiger partial charge in [0.2, 0.25) is 0 Å². The highest BCUT2D eigenvalue weighted by Gasteiger charge is 2.41. The highest BCUT2D eigenvalue weighted by atomic mass is 16.5. The number of nitrogen functional groups attached to an aromatic ring is 1. The topological polar surface area (TPSA) is 52.0 Å². The first-order valence-electron chi connectivity index (χ1n) is 5.05. The SMILES string of the molecule is Nc1cc(C2CC3CCC2C3)on1. The quantitative estimate of drug-likeness (QED) is 0.717. The molecule has 0 amide bonds. The fourth-order valence-electron chi connectivity index (χ4n) is 3.07. The first kappa shape index (κ1) is 7.42. The van der Waals surface area contributed by atoms with Gasteiger partial charge in [-0.05, 0) is 31.1 Å². The summed E-state index contributed by atoms with van der Waals surface area (Å²) in [6.45, 7) is 0. The molecule has 13 heavy (non-hydrogen) atoms. The van der Waals surface area contributed by atoms with Gasteiger partial charge in [-0.25, -0.2) is 0 Å². The number of hydrogen-bond acceptors (Lipinski definition) is 3. The third-order valence-electron chi connectivity index (χ3n) is 3.65. The van der Waals surface area contributed by atoms with Crippen molar-refractivity contribution in [3.8, 4) is 0 Å². The van der Waals surface area contributed by atoms with Crippen LogP contribution in [0.4, 0.5) is 5.82 Å². The van der Waals surface area contributed by atoms with Gasteiger partial charge >= 0.3 is 0 Å². The molecule has 2 aliphatic rings. The number of rotatable bonds is 1. The fourth-order valence-corrected chi connectivity index (χ4v) is 3.07. The summed E-state index contributed by atoms with van der Waals surface area (Å²) in [5, 5.41) is 3.75. The number of hydrogen-bond donors (Lipinski definition) is 1. The second-order valence-corrected chi connectivity index (χ2v) is 4.44. The Kier molecular flexibility index (Phi) is 1.43. The van der Waals surface area contributed by atoms with E-state index in [2.05, 4.69) is 5.16 Å². The summed E-state index contributed by atoms with van der Waals surface area (Å²) in [4.78, 5) is 0. The molecule has 1 aromatic heterocycles. The zero-order chi connectivity index (χ0) is 8.84. The van der Waals surface area contributed by atoms with Gasteiger partial charge in [0.1, 0.15) is 5.76 Å². The van der Waals surface area contributed by atoms with Crippen molar-refractivity contribution in [2.45, 2.75) is 31.6 Å². The van der Waals surface area contributed by atoms with E-state index in [1.165, 1.54) is 25.7 Å². The minimum absolute atomic E-state index is 0.526. The number of nitrogens with zero attached hydrogens (tertiary/aromatic N) is 1. The van der Waals surface area contributed by atoms with Crippen molar-refractivity contribution in [3.63, 3.8) is 0 Å². The Balaban J connectivity index is 1.87. The molecular formula is C10H14N2O. The molecule has 70 valence electrons. The van der Waals surface area contributed by atoms with Gasteiger partial charge in [0, 0.05) is 12.0 Å². The summed E-state index contributed by atoms with van der Waals surface area (Å²) in [6, 6.07) is 1.89. The Hall–Kier alpha value is -0.990. The Morgan fingerprint density at radius 2 is 2.31 bits per heavy atom. The summed E-state index contributed by atoms with van der Waals surface area (Å²) in [5.74, 6) is 3.95. The van der Waals surface area contributed by atoms with Crippen LogP contribution in [0.3, 0.4) is 0 Å². The second-order valence-electron chi connectivity index (χ2n) is 4.44. The van der Waals surface area contributed by atoms with E-state index in [0.717, 1.165) is 17.6 Å². The van der Waals surface area contributed by atoms with Crippen molar-refractivity contribution in [2.24, 2.45) is 11.8 Å². The predicted molar refractivity (Wildman–Crippen MR) is 49.1 cm³/mol. The Bertz CT molecular complexity index is 320. The normalized spacial score (nSPS) is 37.1. The molecule has 3 heteroatoms. The summed E-state index contributed by atoms with van der Waals surface area (Å²) in [7, 11) is 0. The van der Waals surface area contributed by atoms with Gasteiger partial charge in [-0.3, -0.25) is 0 Å². The predicted octanol–water partition coefficient (Wildman–Crippen LogP) is 2.16. The van der Waals surface area contributed by atoms with Gasteiger partial charge in [0.05, 0.1) is 0 Å². The molecule has 3 atom stereocenters. The molecular weight excluding hydrogens is 164 g/mol. The molecule has 0 aromatic carbocycles. The molecule has 3 rings (SSSR count). The highest BCUT2D eigenvalue weighted by molar-refractivity contribution is 5.29. The van der Waals surface area contributed by atoms with Gasteiger partial charge in [-0.15, -0.1) is 0 Å². The zero-order valence-electron chi connectivity index (χ0n) is 7.57. The number of fused-ring (bicyclic) bond motifs is 2. The maximum Gasteiger partial charge on any atom is 0.167 e. The summed E-state index contributed by atoms with van der Waals surface area (Å²) in [6.07, 6.45) is 5.48. The average Bonchev–Trinajstić information content (AvgIpc) is 2.77. The molecule has 0 spiro atoms. The van der Waals surface area contributed by atoms with Gasteiger partial charge in [0.15, 0.2) is 5.82 Å². The third kappa shape index (κ3) is 1.06. The minimum Gasteiger partial charge on any atom is -0.381 e. The van der Waals surface area contributed by atoms with Crippen molar-refractivity contribution < 1.29 is 4.52 Å². The molecule has 1 aromatic rings. The zero-order valence-corrected chi connectivity index (χ0v) is 7.57. The van der Waals surface area contributed by atoms with Gasteiger partial charge in [-0.1, -0.05) is 11.6 Å². The molecule has 2 bridgehead atoms. The molecule has 0 aliphatic heterocycles. The second kappa shape index (κ2) is 2.50. The van der Waals surface area contributed by atoms with E-state index in [1.54, 1.807) is 0 Å². The first-order chi connectivity index (χ1) is 6.33. The van der Waals surface area contributed by atoms with Crippen LogP contribution >= 0.6 is 0 Å². The maximum atomic E-state index is 5.54. The Morgan fingerprint density at radius 3 is 2.85 bits per heavy atom. The van der Waals surface area contributed by atoms with E-state index in [1.807, 2.05) is 6.07 Å². The molecule has 2 fully saturated rings. The standard InChI is InChI=1S/C10H14N2O/c11-10-5-9(13-12-10)8-4-6-1-2-7(8)3-6/h5-8H,1-4H2,(H2,11,12). The van der Waals surface area contributed by atoms with E-state index < -0.39 is 0 Å². The van der Waals surface area contributed by atoms with Crippen LogP contribution in [0.25, 0.3) is 0 Å². The van der Waals surface area contributed by atoms with E-state index in [4.69, 9.17) is 10.3 Å². The Labute approximate surface area is 77.3 Å². The molecule has 2 N–H and O–H groups in total. The lowest BCUT2D eigenvalue weighted by Gasteiger charge is -2.17. The van der Waals surface area contributed by atoms with Crippen molar-refractivity contribution in [1.29, 1.82) is 0 Å².